The van der Waals surface area contributed by atoms with Gasteiger partial charge in [0.15, 0.2) is 0 Å². The van der Waals surface area contributed by atoms with Crippen molar-refractivity contribution in [1.82, 2.24) is 10.3 Å². The number of pyridine rings is 1. The van der Waals surface area contributed by atoms with Crippen LogP contribution in [0.2, 0.25) is 0 Å². The lowest BCUT2D eigenvalue weighted by Gasteiger charge is -2.11. The third-order valence-corrected chi connectivity index (χ3v) is 2.85. The Morgan fingerprint density at radius 1 is 1.38 bits per heavy atom. The molecule has 5 heteroatoms. The van der Waals surface area contributed by atoms with E-state index in [9.17, 15) is 4.79 Å². The number of nitrogens with one attached hydrogen (secondary N) is 2. The largest absolute Gasteiger partial charge is 0.348 e. The van der Waals surface area contributed by atoms with Gasteiger partial charge in [0.05, 0.1) is 11.9 Å². The number of carbonyl (C=O) groups excluding carboxylic acids is 1. The zero-order valence-corrected chi connectivity index (χ0v) is 9.07. The summed E-state index contributed by atoms with van der Waals surface area (Å²) in [5, 5.41) is 2.98. The molecule has 1 fully saturated rings. The molecule has 1 aliphatic carbocycles. The molecule has 0 atom stereocenters. The molecule has 0 spiro atoms. The molecule has 1 aliphatic rings. The fourth-order valence-corrected chi connectivity index (χ4v) is 1.94. The molecule has 0 aromatic carbocycles. The molecule has 1 aromatic rings. The van der Waals surface area contributed by atoms with Crippen LogP contribution in [0.5, 0.6) is 0 Å². The van der Waals surface area contributed by atoms with Crippen molar-refractivity contribution in [2.75, 3.05) is 5.43 Å². The minimum atomic E-state index is -0.101. The van der Waals surface area contributed by atoms with E-state index in [0.29, 0.717) is 17.4 Å². The van der Waals surface area contributed by atoms with Gasteiger partial charge in [-0.05, 0) is 25.0 Å². The van der Waals surface area contributed by atoms with Crippen LogP contribution in [-0.2, 0) is 0 Å². The SMILES string of the molecule is NNc1ccc(C(=O)NC2CCCC2)nc1. The summed E-state index contributed by atoms with van der Waals surface area (Å²) in [6.07, 6.45) is 6.11. The summed E-state index contributed by atoms with van der Waals surface area (Å²) in [5.41, 5.74) is 3.60. The Hall–Kier alpha value is -1.62. The maximum atomic E-state index is 11.8. The van der Waals surface area contributed by atoms with Crippen LogP contribution in [0.25, 0.3) is 0 Å². The van der Waals surface area contributed by atoms with E-state index in [2.05, 4.69) is 15.7 Å². The third-order valence-electron chi connectivity index (χ3n) is 2.85. The predicted molar refractivity (Wildman–Crippen MR) is 61.8 cm³/mol. The van der Waals surface area contributed by atoms with Gasteiger partial charge in [-0.25, -0.2) is 4.98 Å². The maximum absolute atomic E-state index is 11.8. The lowest BCUT2D eigenvalue weighted by molar-refractivity contribution is 0.0933. The highest BCUT2D eigenvalue weighted by molar-refractivity contribution is 5.92. The van der Waals surface area contributed by atoms with Crippen molar-refractivity contribution in [1.29, 1.82) is 0 Å². The predicted octanol–water partition coefficient (Wildman–Crippen LogP) is 1.04. The minimum absolute atomic E-state index is 0.101. The first-order valence-electron chi connectivity index (χ1n) is 5.53. The lowest BCUT2D eigenvalue weighted by atomic mass is 10.2. The summed E-state index contributed by atoms with van der Waals surface area (Å²) in [7, 11) is 0. The van der Waals surface area contributed by atoms with Crippen LogP contribution < -0.4 is 16.6 Å². The van der Waals surface area contributed by atoms with Gasteiger partial charge in [-0.3, -0.25) is 10.6 Å². The molecule has 16 heavy (non-hydrogen) atoms. The average Bonchev–Trinajstić information content (AvgIpc) is 2.82. The molecule has 1 aromatic heterocycles. The molecule has 1 heterocycles. The summed E-state index contributed by atoms with van der Waals surface area (Å²) in [6, 6.07) is 3.72. The van der Waals surface area contributed by atoms with Crippen LogP contribution >= 0.6 is 0 Å². The molecule has 5 nitrogen and oxygen atoms in total. The smallest absolute Gasteiger partial charge is 0.270 e. The Morgan fingerprint density at radius 3 is 2.69 bits per heavy atom. The Balaban J connectivity index is 1.97. The number of rotatable bonds is 3. The fourth-order valence-electron chi connectivity index (χ4n) is 1.94. The average molecular weight is 220 g/mol. The number of hydrogen-bond acceptors (Lipinski definition) is 4. The number of amides is 1. The van der Waals surface area contributed by atoms with E-state index in [1.165, 1.54) is 12.8 Å². The molecule has 0 radical (unpaired) electrons. The minimum Gasteiger partial charge on any atom is -0.348 e. The zero-order chi connectivity index (χ0) is 11.4. The van der Waals surface area contributed by atoms with Gasteiger partial charge >= 0.3 is 0 Å². The molecule has 1 saturated carbocycles. The van der Waals surface area contributed by atoms with E-state index in [1.807, 2.05) is 0 Å². The molecule has 86 valence electrons. The van der Waals surface area contributed by atoms with Gasteiger partial charge in [-0.15, -0.1) is 0 Å². The first-order valence-corrected chi connectivity index (χ1v) is 5.53. The van der Waals surface area contributed by atoms with E-state index >= 15 is 0 Å². The van der Waals surface area contributed by atoms with Crippen LogP contribution in [0.1, 0.15) is 36.2 Å². The van der Waals surface area contributed by atoms with Crippen LogP contribution in [-0.4, -0.2) is 16.9 Å². The molecule has 0 bridgehead atoms. The molecular formula is C11H16N4O. The number of hydrogen-bond donors (Lipinski definition) is 3. The van der Waals surface area contributed by atoms with Crippen LogP contribution in [0.3, 0.4) is 0 Å². The highest BCUT2D eigenvalue weighted by atomic mass is 16.1. The Kier molecular flexibility index (Phi) is 3.36. The third kappa shape index (κ3) is 2.49. The molecule has 4 N–H and O–H groups in total. The second-order valence-electron chi connectivity index (χ2n) is 4.03. The maximum Gasteiger partial charge on any atom is 0.270 e. The second-order valence-corrected chi connectivity index (χ2v) is 4.03. The van der Waals surface area contributed by atoms with Crippen molar-refractivity contribution in [2.45, 2.75) is 31.7 Å². The number of nitrogens with zero attached hydrogens (tertiary/aromatic N) is 1. The van der Waals surface area contributed by atoms with E-state index < -0.39 is 0 Å². The van der Waals surface area contributed by atoms with Gasteiger partial charge in [0.1, 0.15) is 5.69 Å². The number of hydrazine groups is 1. The van der Waals surface area contributed by atoms with Crippen LogP contribution in [0.15, 0.2) is 18.3 Å². The van der Waals surface area contributed by atoms with Crippen molar-refractivity contribution in [3.05, 3.63) is 24.0 Å². The summed E-state index contributed by atoms with van der Waals surface area (Å²) in [5.74, 6) is 5.12. The number of anilines is 1. The monoisotopic (exact) mass is 220 g/mol. The molecular weight excluding hydrogens is 204 g/mol. The van der Waals surface area contributed by atoms with Crippen LogP contribution in [0, 0.1) is 0 Å². The van der Waals surface area contributed by atoms with Gasteiger partial charge < -0.3 is 10.7 Å². The van der Waals surface area contributed by atoms with E-state index in [0.717, 1.165) is 12.8 Å². The highest BCUT2D eigenvalue weighted by Gasteiger charge is 2.18. The van der Waals surface area contributed by atoms with Crippen molar-refractivity contribution in [3.63, 3.8) is 0 Å². The highest BCUT2D eigenvalue weighted by Crippen LogP contribution is 2.18. The molecule has 0 saturated heterocycles. The molecule has 0 aliphatic heterocycles. The van der Waals surface area contributed by atoms with Gasteiger partial charge in [-0.1, -0.05) is 12.8 Å². The first-order chi connectivity index (χ1) is 7.79. The fraction of sp³-hybridized carbons (Fsp3) is 0.455. The Bertz CT molecular complexity index is 357. The molecule has 1 amide bonds. The zero-order valence-electron chi connectivity index (χ0n) is 9.07. The number of aromatic nitrogens is 1. The topological polar surface area (TPSA) is 80.0 Å². The summed E-state index contributed by atoms with van der Waals surface area (Å²) in [6.45, 7) is 0. The number of nitrogens with two attached hydrogens (primary N) is 1. The van der Waals surface area contributed by atoms with Gasteiger partial charge in [-0.2, -0.15) is 0 Å². The number of carbonyl (C=O) groups is 1. The van der Waals surface area contributed by atoms with E-state index in [1.54, 1.807) is 18.3 Å². The summed E-state index contributed by atoms with van der Waals surface area (Å²) < 4.78 is 0. The van der Waals surface area contributed by atoms with Gasteiger partial charge in [0, 0.05) is 6.04 Å². The standard InChI is InChI=1S/C11H16N4O/c12-15-9-5-6-10(13-7-9)11(16)14-8-3-1-2-4-8/h5-8,15H,1-4,12H2,(H,14,16). The lowest BCUT2D eigenvalue weighted by Crippen LogP contribution is -2.33. The van der Waals surface area contributed by atoms with Crippen molar-refractivity contribution < 1.29 is 4.79 Å². The molecule has 0 unspecified atom stereocenters. The quantitative estimate of drug-likeness (QED) is 0.525. The number of nitrogen functional groups attached to an aromatic ring is 1. The molecule has 2 rings (SSSR count). The first kappa shape index (κ1) is 10.9. The van der Waals surface area contributed by atoms with Crippen molar-refractivity contribution in [2.24, 2.45) is 5.84 Å². The van der Waals surface area contributed by atoms with Crippen molar-refractivity contribution >= 4 is 11.6 Å². The van der Waals surface area contributed by atoms with Crippen LogP contribution in [0.4, 0.5) is 5.69 Å². The Morgan fingerprint density at radius 2 is 2.12 bits per heavy atom. The summed E-state index contributed by atoms with van der Waals surface area (Å²) in [4.78, 5) is 15.8. The van der Waals surface area contributed by atoms with E-state index in [4.69, 9.17) is 5.84 Å². The van der Waals surface area contributed by atoms with Gasteiger partial charge in [0.2, 0.25) is 0 Å². The van der Waals surface area contributed by atoms with E-state index in [-0.39, 0.29) is 5.91 Å². The Labute approximate surface area is 94.4 Å². The normalized spacial score (nSPS) is 16.1. The summed E-state index contributed by atoms with van der Waals surface area (Å²) >= 11 is 0. The van der Waals surface area contributed by atoms with Gasteiger partial charge in [0.25, 0.3) is 5.91 Å². The second kappa shape index (κ2) is 4.94. The van der Waals surface area contributed by atoms with Crippen molar-refractivity contribution in [3.8, 4) is 0 Å².